The number of carbonyl (C=O) groups is 1. The number of fused-ring (bicyclic) bond motifs is 1. The molecule has 26 heavy (non-hydrogen) atoms. The van der Waals surface area contributed by atoms with Crippen molar-refractivity contribution in [2.75, 3.05) is 31.6 Å². The molecule has 0 aromatic heterocycles. The number of ether oxygens (including phenoxy) is 1. The number of rotatable bonds is 6. The first-order valence-electron chi connectivity index (χ1n) is 10.2. The molecule has 5 nitrogen and oxygen atoms in total. The van der Waals surface area contributed by atoms with Crippen LogP contribution in [0, 0.1) is 5.92 Å². The Bertz CT molecular complexity index is 651. The van der Waals surface area contributed by atoms with Crippen LogP contribution in [0.1, 0.15) is 44.1 Å². The van der Waals surface area contributed by atoms with Gasteiger partial charge in [-0.05, 0) is 57.2 Å². The van der Waals surface area contributed by atoms with Gasteiger partial charge in [0, 0.05) is 25.2 Å². The molecule has 2 aliphatic heterocycles. The lowest BCUT2D eigenvalue weighted by Gasteiger charge is -2.30. The third kappa shape index (κ3) is 3.89. The molecule has 2 N–H and O–H groups in total. The van der Waals surface area contributed by atoms with E-state index >= 15 is 0 Å². The van der Waals surface area contributed by atoms with E-state index in [2.05, 4.69) is 18.0 Å². The Morgan fingerprint density at radius 1 is 1.23 bits per heavy atom. The molecular formula is C21H31N3O2. The number of hydrogen-bond acceptors (Lipinski definition) is 4. The smallest absolute Gasteiger partial charge is 0.243 e. The average molecular weight is 357 g/mol. The normalized spacial score (nSPS) is 22.3. The van der Waals surface area contributed by atoms with E-state index in [1.54, 1.807) is 0 Å². The minimum atomic E-state index is -0.375. The summed E-state index contributed by atoms with van der Waals surface area (Å²) in [6.45, 7) is 2.89. The van der Waals surface area contributed by atoms with Crippen LogP contribution in [0.15, 0.2) is 18.2 Å². The van der Waals surface area contributed by atoms with Crippen molar-refractivity contribution >= 4 is 11.6 Å². The van der Waals surface area contributed by atoms with Crippen LogP contribution in [0.25, 0.3) is 0 Å². The van der Waals surface area contributed by atoms with Crippen molar-refractivity contribution < 1.29 is 9.53 Å². The Balaban J connectivity index is 1.42. The number of benzene rings is 1. The lowest BCUT2D eigenvalue weighted by Crippen LogP contribution is -2.43. The molecular weight excluding hydrogens is 326 g/mol. The maximum absolute atomic E-state index is 12.8. The Labute approximate surface area is 156 Å². The Kier molecular flexibility index (Phi) is 5.18. The molecule has 1 saturated carbocycles. The predicted octanol–water partition coefficient (Wildman–Crippen LogP) is 2.57. The first-order valence-corrected chi connectivity index (χ1v) is 10.2. The fraction of sp³-hybridized carbons (Fsp3) is 0.667. The molecule has 0 spiro atoms. The van der Waals surface area contributed by atoms with Crippen molar-refractivity contribution in [1.82, 2.24) is 4.90 Å². The molecule has 1 aliphatic carbocycles. The monoisotopic (exact) mass is 357 g/mol. The van der Waals surface area contributed by atoms with Gasteiger partial charge in [-0.25, -0.2) is 0 Å². The summed E-state index contributed by atoms with van der Waals surface area (Å²) in [6.07, 6.45) is 7.79. The standard InChI is InChI=1S/C21H31N3O2/c1-23-12-9-16(10-13-23)26-20-4-2-3-19-17(20)11-14-24(19)21(25)18(22)8-7-15-5-6-15/h2-4,15-16,18H,5-14,22H2,1H3. The summed E-state index contributed by atoms with van der Waals surface area (Å²) in [4.78, 5) is 17.1. The molecule has 3 aliphatic rings. The summed E-state index contributed by atoms with van der Waals surface area (Å²) in [5.74, 6) is 1.84. The summed E-state index contributed by atoms with van der Waals surface area (Å²) in [7, 11) is 2.16. The molecule has 4 rings (SSSR count). The number of piperidine rings is 1. The molecule has 0 radical (unpaired) electrons. The van der Waals surface area contributed by atoms with Crippen molar-refractivity contribution in [1.29, 1.82) is 0 Å². The molecule has 1 unspecified atom stereocenters. The molecule has 2 heterocycles. The van der Waals surface area contributed by atoms with Crippen LogP contribution in [0.4, 0.5) is 5.69 Å². The fourth-order valence-electron chi connectivity index (χ4n) is 4.17. The van der Waals surface area contributed by atoms with E-state index in [-0.39, 0.29) is 18.1 Å². The van der Waals surface area contributed by atoms with Gasteiger partial charge in [0.05, 0.1) is 11.7 Å². The highest BCUT2D eigenvalue weighted by Crippen LogP contribution is 2.37. The van der Waals surface area contributed by atoms with Crippen molar-refractivity contribution in [3.8, 4) is 5.75 Å². The number of amides is 1. The molecule has 5 heteroatoms. The van der Waals surface area contributed by atoms with Crippen molar-refractivity contribution in [3.63, 3.8) is 0 Å². The maximum atomic E-state index is 12.8. The van der Waals surface area contributed by atoms with Gasteiger partial charge < -0.3 is 20.3 Å². The van der Waals surface area contributed by atoms with Crippen LogP contribution in [0.5, 0.6) is 5.75 Å². The Morgan fingerprint density at radius 2 is 2.00 bits per heavy atom. The van der Waals surface area contributed by atoms with Crippen LogP contribution in [0.2, 0.25) is 0 Å². The molecule has 1 atom stereocenters. The average Bonchev–Trinajstić information content (AvgIpc) is 3.38. The molecule has 1 saturated heterocycles. The first-order chi connectivity index (χ1) is 12.6. The minimum Gasteiger partial charge on any atom is -0.490 e. The molecule has 1 aromatic carbocycles. The van der Waals surface area contributed by atoms with Crippen LogP contribution < -0.4 is 15.4 Å². The van der Waals surface area contributed by atoms with Gasteiger partial charge >= 0.3 is 0 Å². The van der Waals surface area contributed by atoms with E-state index in [4.69, 9.17) is 10.5 Å². The number of nitrogens with two attached hydrogens (primary N) is 1. The van der Waals surface area contributed by atoms with Gasteiger partial charge in [-0.3, -0.25) is 4.79 Å². The number of carbonyl (C=O) groups excluding carboxylic acids is 1. The zero-order valence-electron chi connectivity index (χ0n) is 15.8. The van der Waals surface area contributed by atoms with Gasteiger partial charge in [-0.1, -0.05) is 18.9 Å². The van der Waals surface area contributed by atoms with E-state index in [1.807, 2.05) is 17.0 Å². The van der Waals surface area contributed by atoms with Crippen molar-refractivity contribution in [3.05, 3.63) is 23.8 Å². The van der Waals surface area contributed by atoms with E-state index < -0.39 is 0 Å². The highest BCUT2D eigenvalue weighted by Gasteiger charge is 2.32. The summed E-state index contributed by atoms with van der Waals surface area (Å²) < 4.78 is 6.33. The van der Waals surface area contributed by atoms with Gasteiger partial charge in [-0.15, -0.1) is 0 Å². The Morgan fingerprint density at radius 3 is 2.73 bits per heavy atom. The quantitative estimate of drug-likeness (QED) is 0.850. The Hall–Kier alpha value is -1.59. The highest BCUT2D eigenvalue weighted by atomic mass is 16.5. The lowest BCUT2D eigenvalue weighted by atomic mass is 10.1. The predicted molar refractivity (Wildman–Crippen MR) is 104 cm³/mol. The molecule has 1 amide bonds. The maximum Gasteiger partial charge on any atom is 0.243 e. The first kappa shape index (κ1) is 17.8. The van der Waals surface area contributed by atoms with E-state index in [9.17, 15) is 4.79 Å². The van der Waals surface area contributed by atoms with Gasteiger partial charge in [-0.2, -0.15) is 0 Å². The topological polar surface area (TPSA) is 58.8 Å². The van der Waals surface area contributed by atoms with Gasteiger partial charge in [0.1, 0.15) is 11.9 Å². The van der Waals surface area contributed by atoms with Crippen LogP contribution in [-0.4, -0.2) is 49.6 Å². The van der Waals surface area contributed by atoms with E-state index in [0.29, 0.717) is 0 Å². The zero-order valence-corrected chi connectivity index (χ0v) is 15.8. The van der Waals surface area contributed by atoms with Crippen LogP contribution in [0.3, 0.4) is 0 Å². The second kappa shape index (κ2) is 7.57. The third-order valence-corrected chi connectivity index (χ3v) is 6.11. The largest absolute Gasteiger partial charge is 0.490 e. The second-order valence-corrected chi connectivity index (χ2v) is 8.24. The lowest BCUT2D eigenvalue weighted by molar-refractivity contribution is -0.119. The van der Waals surface area contributed by atoms with Gasteiger partial charge in [0.15, 0.2) is 0 Å². The molecule has 0 bridgehead atoms. The highest BCUT2D eigenvalue weighted by molar-refractivity contribution is 5.99. The number of nitrogens with zero attached hydrogens (tertiary/aromatic N) is 2. The van der Waals surface area contributed by atoms with Crippen LogP contribution >= 0.6 is 0 Å². The fourth-order valence-corrected chi connectivity index (χ4v) is 4.17. The summed E-state index contributed by atoms with van der Waals surface area (Å²) in [5, 5.41) is 0. The van der Waals surface area contributed by atoms with Crippen LogP contribution in [-0.2, 0) is 11.2 Å². The van der Waals surface area contributed by atoms with Crippen molar-refractivity contribution in [2.45, 2.75) is 57.1 Å². The number of hydrogen-bond donors (Lipinski definition) is 1. The second-order valence-electron chi connectivity index (χ2n) is 8.24. The van der Waals surface area contributed by atoms with Gasteiger partial charge in [0.25, 0.3) is 0 Å². The van der Waals surface area contributed by atoms with Crippen molar-refractivity contribution in [2.24, 2.45) is 11.7 Å². The SMILES string of the molecule is CN1CCC(Oc2cccc3c2CCN3C(=O)C(N)CCC2CC2)CC1. The minimum absolute atomic E-state index is 0.0702. The van der Waals surface area contributed by atoms with E-state index in [1.165, 1.54) is 18.4 Å². The molecule has 2 fully saturated rings. The third-order valence-electron chi connectivity index (χ3n) is 6.11. The molecule has 142 valence electrons. The summed E-state index contributed by atoms with van der Waals surface area (Å²) in [5.41, 5.74) is 8.38. The number of likely N-dealkylation sites (tertiary alicyclic amines) is 1. The molecule has 1 aromatic rings. The number of anilines is 1. The van der Waals surface area contributed by atoms with Gasteiger partial charge in [0.2, 0.25) is 5.91 Å². The summed E-state index contributed by atoms with van der Waals surface area (Å²) in [6, 6.07) is 5.72. The zero-order chi connectivity index (χ0) is 18.1. The van der Waals surface area contributed by atoms with E-state index in [0.717, 1.165) is 69.1 Å². The summed E-state index contributed by atoms with van der Waals surface area (Å²) >= 11 is 0.